The number of primary amides is 1. The van der Waals surface area contributed by atoms with Crippen LogP contribution in [0.5, 0.6) is 0 Å². The van der Waals surface area contributed by atoms with E-state index in [1.165, 1.54) is 35.3 Å². The molecule has 0 aliphatic heterocycles. The van der Waals surface area contributed by atoms with E-state index in [1.807, 2.05) is 0 Å². The van der Waals surface area contributed by atoms with Crippen LogP contribution in [0.1, 0.15) is 15.9 Å². The van der Waals surface area contributed by atoms with Gasteiger partial charge in [0, 0.05) is 11.6 Å². The molecule has 22 heavy (non-hydrogen) atoms. The van der Waals surface area contributed by atoms with Gasteiger partial charge < -0.3 is 5.73 Å². The van der Waals surface area contributed by atoms with E-state index in [9.17, 15) is 18.0 Å². The first-order chi connectivity index (χ1) is 10.4. The maximum atomic E-state index is 12.6. The monoisotopic (exact) mass is 306 g/mol. The van der Waals surface area contributed by atoms with Crippen LogP contribution in [0.2, 0.25) is 0 Å². The second-order valence-electron chi connectivity index (χ2n) is 4.60. The molecule has 3 aromatic rings. The minimum absolute atomic E-state index is 0.236. The van der Waals surface area contributed by atoms with Crippen molar-refractivity contribution in [2.24, 2.45) is 5.73 Å². The Bertz CT molecular complexity index is 853. The van der Waals surface area contributed by atoms with Gasteiger partial charge in [-0.2, -0.15) is 18.3 Å². The Morgan fingerprint density at radius 1 is 1.14 bits per heavy atom. The van der Waals surface area contributed by atoms with Gasteiger partial charge >= 0.3 is 6.18 Å². The van der Waals surface area contributed by atoms with Crippen molar-refractivity contribution in [2.45, 2.75) is 6.18 Å². The summed E-state index contributed by atoms with van der Waals surface area (Å²) in [6, 6.07) is 6.08. The Kier molecular flexibility index (Phi) is 3.09. The maximum Gasteiger partial charge on any atom is 0.416 e. The van der Waals surface area contributed by atoms with Gasteiger partial charge in [0.2, 0.25) is 5.91 Å². The number of aromatic nitrogens is 3. The first kappa shape index (κ1) is 14.1. The summed E-state index contributed by atoms with van der Waals surface area (Å²) in [6.45, 7) is 0. The van der Waals surface area contributed by atoms with Crippen molar-refractivity contribution in [1.29, 1.82) is 0 Å². The molecule has 0 saturated heterocycles. The van der Waals surface area contributed by atoms with Crippen LogP contribution in [0.4, 0.5) is 13.2 Å². The fraction of sp³-hybridized carbons (Fsp3) is 0.0714. The second kappa shape index (κ2) is 4.83. The molecule has 1 amide bonds. The number of halogens is 3. The number of nitrogens with zero attached hydrogens (tertiary/aromatic N) is 3. The van der Waals surface area contributed by atoms with Gasteiger partial charge in [0.1, 0.15) is 0 Å². The number of hydrogen-bond acceptors (Lipinski definition) is 3. The van der Waals surface area contributed by atoms with E-state index in [0.717, 1.165) is 12.1 Å². The molecular formula is C14H9F3N4O. The van der Waals surface area contributed by atoms with Crippen LogP contribution in [-0.4, -0.2) is 20.7 Å². The molecule has 0 bridgehead atoms. The zero-order chi connectivity index (χ0) is 15.9. The van der Waals surface area contributed by atoms with Gasteiger partial charge in [0.05, 0.1) is 23.0 Å². The molecular weight excluding hydrogens is 297 g/mol. The number of carbonyl (C=O) groups excluding carboxylic acids is 1. The molecule has 112 valence electrons. The standard InChI is InChI=1S/C14H9F3N4O/c15-14(16,17)10-1-3-11(4-2-10)21-13-9(7-20-21)5-8(6-19-13)12(18)22/h1-7H,(H2,18,22). The largest absolute Gasteiger partial charge is 0.416 e. The molecule has 2 N–H and O–H groups in total. The van der Waals surface area contributed by atoms with Crippen LogP contribution >= 0.6 is 0 Å². The molecule has 3 rings (SSSR count). The third kappa shape index (κ3) is 2.39. The van der Waals surface area contributed by atoms with Gasteiger partial charge in [-0.15, -0.1) is 0 Å². The van der Waals surface area contributed by atoms with E-state index in [-0.39, 0.29) is 5.56 Å². The van der Waals surface area contributed by atoms with Crippen molar-refractivity contribution < 1.29 is 18.0 Å². The molecule has 5 nitrogen and oxygen atoms in total. The highest BCUT2D eigenvalue weighted by Gasteiger charge is 2.30. The summed E-state index contributed by atoms with van der Waals surface area (Å²) in [5, 5.41) is 4.64. The van der Waals surface area contributed by atoms with Crippen LogP contribution in [-0.2, 0) is 6.18 Å². The van der Waals surface area contributed by atoms with E-state index in [2.05, 4.69) is 10.1 Å². The fourth-order valence-electron chi connectivity index (χ4n) is 2.04. The van der Waals surface area contributed by atoms with Gasteiger partial charge in [0.15, 0.2) is 5.65 Å². The zero-order valence-corrected chi connectivity index (χ0v) is 11.0. The lowest BCUT2D eigenvalue weighted by Gasteiger charge is -2.08. The number of hydrogen-bond donors (Lipinski definition) is 1. The number of fused-ring (bicyclic) bond motifs is 1. The summed E-state index contributed by atoms with van der Waals surface area (Å²) in [7, 11) is 0. The van der Waals surface area contributed by atoms with Crippen LogP contribution in [0.3, 0.4) is 0 Å². The number of carbonyl (C=O) groups is 1. The second-order valence-corrected chi connectivity index (χ2v) is 4.60. The predicted molar refractivity (Wildman–Crippen MR) is 72.4 cm³/mol. The molecule has 1 aromatic carbocycles. The van der Waals surface area contributed by atoms with Crippen molar-refractivity contribution >= 4 is 16.9 Å². The molecule has 0 saturated carbocycles. The van der Waals surface area contributed by atoms with Crippen molar-refractivity contribution in [1.82, 2.24) is 14.8 Å². The summed E-state index contributed by atoms with van der Waals surface area (Å²) in [6.07, 6.45) is -1.63. The summed E-state index contributed by atoms with van der Waals surface area (Å²) >= 11 is 0. The first-order valence-electron chi connectivity index (χ1n) is 6.17. The minimum Gasteiger partial charge on any atom is -0.366 e. The van der Waals surface area contributed by atoms with Crippen LogP contribution in [0.25, 0.3) is 16.7 Å². The summed E-state index contributed by atoms with van der Waals surface area (Å²) < 4.78 is 39.1. The van der Waals surface area contributed by atoms with Crippen LogP contribution in [0.15, 0.2) is 42.7 Å². The van der Waals surface area contributed by atoms with Gasteiger partial charge in [-0.3, -0.25) is 4.79 Å². The lowest BCUT2D eigenvalue weighted by Crippen LogP contribution is -2.11. The number of benzene rings is 1. The minimum atomic E-state index is -4.39. The molecule has 0 spiro atoms. The van der Waals surface area contributed by atoms with Crippen molar-refractivity contribution in [3.63, 3.8) is 0 Å². The Balaban J connectivity index is 2.05. The van der Waals surface area contributed by atoms with E-state index in [0.29, 0.717) is 16.7 Å². The number of alkyl halides is 3. The Morgan fingerprint density at radius 2 is 1.82 bits per heavy atom. The maximum absolute atomic E-state index is 12.6. The number of rotatable bonds is 2. The SMILES string of the molecule is NC(=O)c1cnc2c(cnn2-c2ccc(C(F)(F)F)cc2)c1. The molecule has 0 unspecified atom stereocenters. The molecule has 0 fully saturated rings. The Morgan fingerprint density at radius 3 is 2.41 bits per heavy atom. The third-order valence-corrected chi connectivity index (χ3v) is 3.13. The summed E-state index contributed by atoms with van der Waals surface area (Å²) in [5.41, 5.74) is 5.52. The van der Waals surface area contributed by atoms with Gasteiger partial charge in [0.25, 0.3) is 0 Å². The highest BCUT2D eigenvalue weighted by molar-refractivity contribution is 5.95. The third-order valence-electron chi connectivity index (χ3n) is 3.13. The van der Waals surface area contributed by atoms with Crippen molar-refractivity contribution in [2.75, 3.05) is 0 Å². The summed E-state index contributed by atoms with van der Waals surface area (Å²) in [4.78, 5) is 15.2. The van der Waals surface area contributed by atoms with Gasteiger partial charge in [-0.1, -0.05) is 0 Å². The quantitative estimate of drug-likeness (QED) is 0.790. The van der Waals surface area contributed by atoms with Crippen LogP contribution in [0, 0.1) is 0 Å². The normalized spacial score (nSPS) is 11.8. The molecule has 0 aliphatic rings. The van der Waals surface area contributed by atoms with E-state index in [1.54, 1.807) is 0 Å². The number of amides is 1. The highest BCUT2D eigenvalue weighted by Crippen LogP contribution is 2.29. The van der Waals surface area contributed by atoms with Crippen LogP contribution < -0.4 is 5.73 Å². The van der Waals surface area contributed by atoms with E-state index >= 15 is 0 Å². The van der Waals surface area contributed by atoms with E-state index < -0.39 is 17.6 Å². The lowest BCUT2D eigenvalue weighted by molar-refractivity contribution is -0.137. The molecule has 2 heterocycles. The van der Waals surface area contributed by atoms with E-state index in [4.69, 9.17) is 5.73 Å². The highest BCUT2D eigenvalue weighted by atomic mass is 19.4. The topological polar surface area (TPSA) is 73.8 Å². The number of pyridine rings is 1. The summed E-state index contributed by atoms with van der Waals surface area (Å²) in [5.74, 6) is -0.614. The van der Waals surface area contributed by atoms with Crippen molar-refractivity contribution in [3.8, 4) is 5.69 Å². The Labute approximate surface area is 122 Å². The average Bonchev–Trinajstić information content (AvgIpc) is 2.89. The van der Waals surface area contributed by atoms with Gasteiger partial charge in [-0.05, 0) is 30.3 Å². The fourth-order valence-corrected chi connectivity index (χ4v) is 2.04. The smallest absolute Gasteiger partial charge is 0.366 e. The zero-order valence-electron chi connectivity index (χ0n) is 11.0. The average molecular weight is 306 g/mol. The molecule has 2 aromatic heterocycles. The molecule has 0 atom stereocenters. The lowest BCUT2D eigenvalue weighted by atomic mass is 10.2. The van der Waals surface area contributed by atoms with Crippen molar-refractivity contribution in [3.05, 3.63) is 53.9 Å². The molecule has 0 aliphatic carbocycles. The number of nitrogens with two attached hydrogens (primary N) is 1. The van der Waals surface area contributed by atoms with Gasteiger partial charge in [-0.25, -0.2) is 9.67 Å². The predicted octanol–water partition coefficient (Wildman–Crippen LogP) is 2.54. The first-order valence-corrected chi connectivity index (χ1v) is 6.17. The molecule has 8 heteroatoms. The Hall–Kier alpha value is -2.90. The molecule has 0 radical (unpaired) electrons.